The quantitative estimate of drug-likeness (QED) is 0.774. The Balaban J connectivity index is 2.13. The highest BCUT2D eigenvalue weighted by Gasteiger charge is 2.36. The van der Waals surface area contributed by atoms with E-state index >= 15 is 0 Å². The number of aliphatic hydroxyl groups is 1. The van der Waals surface area contributed by atoms with Gasteiger partial charge in [0.25, 0.3) is 0 Å². The van der Waals surface area contributed by atoms with Crippen LogP contribution in [-0.4, -0.2) is 10.8 Å². The Morgan fingerprint density at radius 3 is 2.72 bits per heavy atom. The number of aliphatic imine (C=N–C) groups is 1. The molecule has 3 rings (SSSR count). The molecule has 0 fully saturated rings. The summed E-state index contributed by atoms with van der Waals surface area (Å²) in [6.45, 7) is 3.15. The van der Waals surface area contributed by atoms with Crippen LogP contribution in [0, 0.1) is 11.6 Å². The van der Waals surface area contributed by atoms with Crippen molar-refractivity contribution in [3.63, 3.8) is 0 Å². The first-order valence-electron chi connectivity index (χ1n) is 7.98. The molecule has 1 N–H and O–H groups in total. The van der Waals surface area contributed by atoms with Crippen LogP contribution < -0.4 is 0 Å². The number of fused-ring (bicyclic) bond motifs is 1. The molecule has 0 saturated carbocycles. The fraction of sp³-hybridized carbons (Fsp3) is 0.250. The maximum Gasteiger partial charge on any atom is 0.140 e. The minimum Gasteiger partial charge on any atom is -0.381 e. The summed E-state index contributed by atoms with van der Waals surface area (Å²) in [5.74, 6) is -1.50. The Morgan fingerprint density at radius 2 is 1.96 bits per heavy atom. The van der Waals surface area contributed by atoms with Gasteiger partial charge in [-0.05, 0) is 56.0 Å². The summed E-state index contributed by atoms with van der Waals surface area (Å²) >= 11 is 6.09. The third-order valence-electron chi connectivity index (χ3n) is 4.50. The van der Waals surface area contributed by atoms with E-state index in [1.807, 2.05) is 0 Å². The third-order valence-corrected chi connectivity index (χ3v) is 4.78. The van der Waals surface area contributed by atoms with Crippen LogP contribution in [0.1, 0.15) is 37.0 Å². The van der Waals surface area contributed by atoms with Crippen molar-refractivity contribution in [1.29, 1.82) is 0 Å². The van der Waals surface area contributed by atoms with Crippen LogP contribution in [0.4, 0.5) is 8.78 Å². The first-order chi connectivity index (χ1) is 11.8. The second-order valence-corrected chi connectivity index (χ2v) is 6.79. The summed E-state index contributed by atoms with van der Waals surface area (Å²) < 4.78 is 29.6. The molecule has 0 aromatic heterocycles. The summed E-state index contributed by atoms with van der Waals surface area (Å²) in [6.07, 6.45) is 10.6. The van der Waals surface area contributed by atoms with Gasteiger partial charge >= 0.3 is 0 Å². The molecule has 1 heterocycles. The molecule has 2 nitrogen and oxygen atoms in total. The molecule has 1 aromatic rings. The number of halogens is 3. The van der Waals surface area contributed by atoms with Gasteiger partial charge in [0.05, 0.1) is 5.56 Å². The van der Waals surface area contributed by atoms with Gasteiger partial charge in [-0.25, -0.2) is 8.78 Å². The van der Waals surface area contributed by atoms with E-state index in [1.54, 1.807) is 37.3 Å². The minimum absolute atomic E-state index is 0.221. The fourth-order valence-electron chi connectivity index (χ4n) is 3.02. The topological polar surface area (TPSA) is 32.6 Å². The van der Waals surface area contributed by atoms with Crippen LogP contribution in [-0.2, 0) is 12.0 Å². The lowest BCUT2D eigenvalue weighted by Gasteiger charge is -2.28. The molecule has 0 saturated heterocycles. The average molecular weight is 362 g/mol. The van der Waals surface area contributed by atoms with E-state index in [1.165, 1.54) is 19.2 Å². The van der Waals surface area contributed by atoms with Crippen LogP contribution in [0.3, 0.4) is 0 Å². The van der Waals surface area contributed by atoms with Crippen molar-refractivity contribution in [3.8, 4) is 0 Å². The molecule has 1 aromatic carbocycles. The van der Waals surface area contributed by atoms with Gasteiger partial charge in [0.2, 0.25) is 0 Å². The first-order valence-corrected chi connectivity index (χ1v) is 8.36. The van der Waals surface area contributed by atoms with E-state index in [0.29, 0.717) is 33.9 Å². The molecule has 130 valence electrons. The molecule has 2 aliphatic rings. The van der Waals surface area contributed by atoms with Gasteiger partial charge in [-0.1, -0.05) is 29.8 Å². The zero-order valence-electron chi connectivity index (χ0n) is 14.0. The lowest BCUT2D eigenvalue weighted by Crippen LogP contribution is -2.28. The summed E-state index contributed by atoms with van der Waals surface area (Å²) in [5.41, 5.74) is -0.294. The Hall–Kier alpha value is -2.04. The van der Waals surface area contributed by atoms with Gasteiger partial charge in [-0.15, -0.1) is 0 Å². The molecular weight excluding hydrogens is 344 g/mol. The molecular formula is C20H18ClF2NO. The van der Waals surface area contributed by atoms with E-state index in [4.69, 9.17) is 11.6 Å². The number of hydrogen-bond acceptors (Lipinski definition) is 2. The van der Waals surface area contributed by atoms with Gasteiger partial charge in [-0.3, -0.25) is 4.99 Å². The van der Waals surface area contributed by atoms with Gasteiger partial charge < -0.3 is 5.11 Å². The third kappa shape index (κ3) is 3.37. The lowest BCUT2D eigenvalue weighted by atomic mass is 9.84. The van der Waals surface area contributed by atoms with Crippen molar-refractivity contribution in [1.82, 2.24) is 0 Å². The van der Waals surface area contributed by atoms with Crippen LogP contribution in [0.25, 0.3) is 6.08 Å². The molecule has 1 atom stereocenters. The van der Waals surface area contributed by atoms with E-state index in [2.05, 4.69) is 4.99 Å². The first kappa shape index (κ1) is 17.8. The van der Waals surface area contributed by atoms with E-state index in [0.717, 1.165) is 0 Å². The SMILES string of the molecule is CC1=N\C=C(\C(C)(O)c2c(F)cc3c(c2F)C=CC3)C/C=C(Cl)/C=C\1. The summed E-state index contributed by atoms with van der Waals surface area (Å²) in [4.78, 5) is 4.24. The van der Waals surface area contributed by atoms with Crippen LogP contribution >= 0.6 is 11.6 Å². The van der Waals surface area contributed by atoms with Crippen molar-refractivity contribution >= 4 is 23.4 Å². The van der Waals surface area contributed by atoms with Crippen LogP contribution in [0.15, 0.2) is 52.2 Å². The highest BCUT2D eigenvalue weighted by atomic mass is 35.5. The highest BCUT2D eigenvalue weighted by molar-refractivity contribution is 6.31. The molecule has 0 spiro atoms. The van der Waals surface area contributed by atoms with Gasteiger partial charge in [0.1, 0.15) is 17.2 Å². The van der Waals surface area contributed by atoms with Gasteiger partial charge in [0.15, 0.2) is 0 Å². The van der Waals surface area contributed by atoms with Crippen molar-refractivity contribution in [2.24, 2.45) is 4.99 Å². The van der Waals surface area contributed by atoms with Crippen LogP contribution in [0.5, 0.6) is 0 Å². The zero-order valence-corrected chi connectivity index (χ0v) is 14.7. The van der Waals surface area contributed by atoms with Crippen molar-refractivity contribution < 1.29 is 13.9 Å². The molecule has 5 heteroatoms. The maximum atomic E-state index is 14.9. The summed E-state index contributed by atoms with van der Waals surface area (Å²) in [5, 5.41) is 11.5. The molecule has 0 amide bonds. The molecule has 0 bridgehead atoms. The number of rotatable bonds is 2. The maximum absolute atomic E-state index is 14.9. The van der Waals surface area contributed by atoms with E-state index in [9.17, 15) is 13.9 Å². The Bertz CT molecular complexity index is 876. The number of hydrogen-bond donors (Lipinski definition) is 1. The number of benzene rings is 1. The van der Waals surface area contributed by atoms with Crippen LogP contribution in [0.2, 0.25) is 0 Å². The Morgan fingerprint density at radius 1 is 1.20 bits per heavy atom. The standard InChI is InChI=1S/C20H18ClF2NO/c1-12-6-8-15(21)9-7-14(11-24-12)20(2,25)18-17(22)10-13-4-3-5-16(13)19(18)23/h3,5-6,8-11,25H,4,7H2,1-2H3/b8-6-,14-11+,15-9-,24-12+. The van der Waals surface area contributed by atoms with E-state index < -0.39 is 17.2 Å². The monoisotopic (exact) mass is 361 g/mol. The number of allylic oxidation sites excluding steroid dienone is 5. The number of nitrogens with zero attached hydrogens (tertiary/aromatic N) is 1. The van der Waals surface area contributed by atoms with Crippen molar-refractivity contribution in [2.45, 2.75) is 32.3 Å². The predicted octanol–water partition coefficient (Wildman–Crippen LogP) is 5.17. The zero-order chi connectivity index (χ0) is 18.2. The second-order valence-electron chi connectivity index (χ2n) is 6.35. The Kier molecular flexibility index (Phi) is 4.76. The van der Waals surface area contributed by atoms with Crippen molar-refractivity contribution in [3.05, 3.63) is 75.5 Å². The molecule has 1 aliphatic heterocycles. The molecule has 1 unspecified atom stereocenters. The molecule has 0 radical (unpaired) electrons. The summed E-state index contributed by atoms with van der Waals surface area (Å²) in [6, 6.07) is 1.29. The highest BCUT2D eigenvalue weighted by Crippen LogP contribution is 2.39. The fourth-order valence-corrected chi connectivity index (χ4v) is 3.16. The largest absolute Gasteiger partial charge is 0.381 e. The average Bonchev–Trinajstić information content (AvgIpc) is 3.02. The van der Waals surface area contributed by atoms with E-state index in [-0.39, 0.29) is 12.0 Å². The molecule has 25 heavy (non-hydrogen) atoms. The normalized spacial score (nSPS) is 26.7. The summed E-state index contributed by atoms with van der Waals surface area (Å²) in [7, 11) is 0. The smallest absolute Gasteiger partial charge is 0.140 e. The van der Waals surface area contributed by atoms with Gasteiger partial charge in [-0.2, -0.15) is 0 Å². The van der Waals surface area contributed by atoms with Gasteiger partial charge in [0, 0.05) is 22.5 Å². The minimum atomic E-state index is -1.86. The molecule has 1 aliphatic carbocycles. The van der Waals surface area contributed by atoms with Crippen molar-refractivity contribution in [2.75, 3.05) is 0 Å². The lowest BCUT2D eigenvalue weighted by molar-refractivity contribution is 0.0863. The predicted molar refractivity (Wildman–Crippen MR) is 97.6 cm³/mol. The second kappa shape index (κ2) is 6.70. The Labute approximate surface area is 150 Å².